The lowest BCUT2D eigenvalue weighted by atomic mass is 9.95. The predicted octanol–water partition coefficient (Wildman–Crippen LogP) is 2.11. The van der Waals surface area contributed by atoms with E-state index < -0.39 is 0 Å². The molecule has 0 bridgehead atoms. The summed E-state index contributed by atoms with van der Waals surface area (Å²) in [5.74, 6) is 0.744. The molecule has 1 saturated heterocycles. The van der Waals surface area contributed by atoms with Gasteiger partial charge in [0.05, 0.1) is 6.20 Å². The van der Waals surface area contributed by atoms with Crippen molar-refractivity contribution in [2.45, 2.75) is 59.3 Å². The first-order chi connectivity index (χ1) is 9.13. The van der Waals surface area contributed by atoms with E-state index in [2.05, 4.69) is 49.2 Å². The largest absolute Gasteiger partial charge is 0.311 e. The summed E-state index contributed by atoms with van der Waals surface area (Å²) in [7, 11) is 0. The average Bonchev–Trinajstić information content (AvgIpc) is 2.88. The molecule has 1 aromatic rings. The lowest BCUT2D eigenvalue weighted by Gasteiger charge is -2.40. The van der Waals surface area contributed by atoms with Crippen LogP contribution in [0.15, 0.2) is 12.4 Å². The molecule has 2 rings (SSSR count). The number of aryl methyl sites for hydroxylation is 1. The molecular formula is C15H28N4. The lowest BCUT2D eigenvalue weighted by Crippen LogP contribution is -2.56. The summed E-state index contributed by atoms with van der Waals surface area (Å²) >= 11 is 0. The first kappa shape index (κ1) is 14.5. The standard InChI is InChI=1S/C15H28N4/c1-5-12(3)15-11-18(13(4)7-16-15)9-14-8-17-19(6-2)10-14/h8,10,12-13,15-16H,5-7,9,11H2,1-4H3. The van der Waals surface area contributed by atoms with Gasteiger partial charge in [-0.25, -0.2) is 0 Å². The number of hydrogen-bond acceptors (Lipinski definition) is 3. The van der Waals surface area contributed by atoms with Gasteiger partial charge in [0.15, 0.2) is 0 Å². The van der Waals surface area contributed by atoms with Crippen molar-refractivity contribution < 1.29 is 0 Å². The summed E-state index contributed by atoms with van der Waals surface area (Å²) < 4.78 is 2.01. The summed E-state index contributed by atoms with van der Waals surface area (Å²) in [6.45, 7) is 13.3. The Morgan fingerprint density at radius 3 is 2.89 bits per heavy atom. The minimum Gasteiger partial charge on any atom is -0.311 e. The molecule has 1 aliphatic heterocycles. The summed E-state index contributed by atoms with van der Waals surface area (Å²) in [5.41, 5.74) is 1.33. The maximum Gasteiger partial charge on any atom is 0.0534 e. The molecule has 2 heterocycles. The molecule has 4 heteroatoms. The van der Waals surface area contributed by atoms with Gasteiger partial charge < -0.3 is 5.32 Å². The van der Waals surface area contributed by atoms with Gasteiger partial charge in [0, 0.05) is 50.0 Å². The van der Waals surface area contributed by atoms with E-state index >= 15 is 0 Å². The molecular weight excluding hydrogens is 236 g/mol. The number of aromatic nitrogens is 2. The van der Waals surface area contributed by atoms with Crippen LogP contribution in [0.1, 0.15) is 39.7 Å². The third kappa shape index (κ3) is 3.57. The van der Waals surface area contributed by atoms with Gasteiger partial charge in [0.2, 0.25) is 0 Å². The van der Waals surface area contributed by atoms with Crippen molar-refractivity contribution in [3.63, 3.8) is 0 Å². The van der Waals surface area contributed by atoms with Crippen LogP contribution in [-0.4, -0.2) is 39.9 Å². The summed E-state index contributed by atoms with van der Waals surface area (Å²) in [6, 6.07) is 1.23. The van der Waals surface area contributed by atoms with E-state index in [0.29, 0.717) is 12.1 Å². The van der Waals surface area contributed by atoms with Crippen LogP contribution in [-0.2, 0) is 13.1 Å². The number of nitrogens with one attached hydrogen (secondary N) is 1. The molecule has 0 amide bonds. The van der Waals surface area contributed by atoms with E-state index in [0.717, 1.165) is 32.1 Å². The summed E-state index contributed by atoms with van der Waals surface area (Å²) in [5, 5.41) is 8.06. The Morgan fingerprint density at radius 2 is 2.26 bits per heavy atom. The van der Waals surface area contributed by atoms with Crippen LogP contribution >= 0.6 is 0 Å². The number of rotatable bonds is 5. The van der Waals surface area contributed by atoms with E-state index in [4.69, 9.17) is 0 Å². The highest BCUT2D eigenvalue weighted by Gasteiger charge is 2.27. The quantitative estimate of drug-likeness (QED) is 0.884. The third-order valence-corrected chi connectivity index (χ3v) is 4.46. The van der Waals surface area contributed by atoms with Gasteiger partial charge in [-0.05, 0) is 19.8 Å². The molecule has 0 aliphatic carbocycles. The van der Waals surface area contributed by atoms with Crippen LogP contribution < -0.4 is 5.32 Å². The fraction of sp³-hybridized carbons (Fsp3) is 0.800. The van der Waals surface area contributed by atoms with Crippen molar-refractivity contribution in [3.05, 3.63) is 18.0 Å². The summed E-state index contributed by atoms with van der Waals surface area (Å²) in [6.07, 6.45) is 5.43. The van der Waals surface area contributed by atoms with Crippen LogP contribution in [0.4, 0.5) is 0 Å². The predicted molar refractivity (Wildman–Crippen MR) is 79.0 cm³/mol. The Bertz CT molecular complexity index is 387. The number of nitrogens with zero attached hydrogens (tertiary/aromatic N) is 3. The van der Waals surface area contributed by atoms with E-state index in [9.17, 15) is 0 Å². The molecule has 1 aromatic heterocycles. The van der Waals surface area contributed by atoms with Crippen LogP contribution in [0, 0.1) is 5.92 Å². The Kier molecular flexibility index (Phi) is 4.99. The van der Waals surface area contributed by atoms with E-state index in [1.165, 1.54) is 12.0 Å². The maximum atomic E-state index is 4.37. The SMILES string of the molecule is CCC(C)C1CN(Cc2cnn(CC)c2)C(C)CN1. The fourth-order valence-corrected chi connectivity index (χ4v) is 2.73. The zero-order chi connectivity index (χ0) is 13.8. The second-order valence-corrected chi connectivity index (χ2v) is 5.88. The average molecular weight is 264 g/mol. The van der Waals surface area contributed by atoms with Gasteiger partial charge >= 0.3 is 0 Å². The zero-order valence-corrected chi connectivity index (χ0v) is 12.8. The Morgan fingerprint density at radius 1 is 1.47 bits per heavy atom. The highest BCUT2D eigenvalue weighted by atomic mass is 15.3. The van der Waals surface area contributed by atoms with Gasteiger partial charge in [-0.3, -0.25) is 9.58 Å². The van der Waals surface area contributed by atoms with Crippen LogP contribution in [0.5, 0.6) is 0 Å². The Balaban J connectivity index is 1.97. The molecule has 4 nitrogen and oxygen atoms in total. The molecule has 1 N–H and O–H groups in total. The number of piperazine rings is 1. The molecule has 3 atom stereocenters. The normalized spacial score (nSPS) is 26.5. The highest BCUT2D eigenvalue weighted by molar-refractivity contribution is 5.05. The van der Waals surface area contributed by atoms with E-state index in [1.54, 1.807) is 0 Å². The second kappa shape index (κ2) is 6.53. The van der Waals surface area contributed by atoms with Crippen LogP contribution in [0.3, 0.4) is 0 Å². The van der Waals surface area contributed by atoms with Crippen molar-refractivity contribution in [2.75, 3.05) is 13.1 Å². The molecule has 1 aliphatic rings. The molecule has 0 aromatic carbocycles. The van der Waals surface area contributed by atoms with Crippen molar-refractivity contribution >= 4 is 0 Å². The molecule has 0 saturated carbocycles. The van der Waals surface area contributed by atoms with Crippen molar-refractivity contribution in [2.24, 2.45) is 5.92 Å². The smallest absolute Gasteiger partial charge is 0.0534 e. The fourth-order valence-electron chi connectivity index (χ4n) is 2.73. The van der Waals surface area contributed by atoms with Gasteiger partial charge in [-0.2, -0.15) is 5.10 Å². The lowest BCUT2D eigenvalue weighted by molar-refractivity contribution is 0.112. The minimum absolute atomic E-state index is 0.602. The third-order valence-electron chi connectivity index (χ3n) is 4.46. The maximum absolute atomic E-state index is 4.37. The van der Waals surface area contributed by atoms with Gasteiger partial charge in [0.1, 0.15) is 0 Å². The van der Waals surface area contributed by atoms with E-state index in [1.807, 2.05) is 10.9 Å². The van der Waals surface area contributed by atoms with Crippen LogP contribution in [0.25, 0.3) is 0 Å². The topological polar surface area (TPSA) is 33.1 Å². The van der Waals surface area contributed by atoms with Crippen LogP contribution in [0.2, 0.25) is 0 Å². The van der Waals surface area contributed by atoms with Gasteiger partial charge in [-0.15, -0.1) is 0 Å². The summed E-state index contributed by atoms with van der Waals surface area (Å²) in [4.78, 5) is 2.59. The molecule has 1 fully saturated rings. The van der Waals surface area contributed by atoms with Crippen molar-refractivity contribution in [1.29, 1.82) is 0 Å². The number of hydrogen-bond donors (Lipinski definition) is 1. The monoisotopic (exact) mass is 264 g/mol. The van der Waals surface area contributed by atoms with Crippen molar-refractivity contribution in [3.8, 4) is 0 Å². The highest BCUT2D eigenvalue weighted by Crippen LogP contribution is 2.17. The first-order valence-corrected chi connectivity index (χ1v) is 7.62. The van der Waals surface area contributed by atoms with E-state index in [-0.39, 0.29) is 0 Å². The second-order valence-electron chi connectivity index (χ2n) is 5.88. The molecule has 0 radical (unpaired) electrons. The molecule has 19 heavy (non-hydrogen) atoms. The van der Waals surface area contributed by atoms with Crippen molar-refractivity contribution in [1.82, 2.24) is 20.0 Å². The van der Waals surface area contributed by atoms with Gasteiger partial charge in [0.25, 0.3) is 0 Å². The first-order valence-electron chi connectivity index (χ1n) is 7.62. The van der Waals surface area contributed by atoms with Gasteiger partial charge in [-0.1, -0.05) is 20.3 Å². The zero-order valence-electron chi connectivity index (χ0n) is 12.8. The minimum atomic E-state index is 0.602. The molecule has 0 spiro atoms. The Hall–Kier alpha value is -0.870. The molecule has 108 valence electrons. The Labute approximate surface area is 117 Å². The molecule has 3 unspecified atom stereocenters.